The van der Waals surface area contributed by atoms with Gasteiger partial charge in [-0.3, -0.25) is 4.79 Å². The summed E-state index contributed by atoms with van der Waals surface area (Å²) < 4.78 is 43.4. The molecule has 168 valence electrons. The van der Waals surface area contributed by atoms with Gasteiger partial charge >= 0.3 is 5.97 Å². The van der Waals surface area contributed by atoms with Crippen molar-refractivity contribution in [1.29, 1.82) is 0 Å². The number of esters is 1. The van der Waals surface area contributed by atoms with Gasteiger partial charge in [-0.2, -0.15) is 0 Å². The number of nitrogens with one attached hydrogen (secondary N) is 1. The highest BCUT2D eigenvalue weighted by atomic mass is 32.2. The summed E-state index contributed by atoms with van der Waals surface area (Å²) in [6.45, 7) is 0.749. The molecule has 1 aliphatic rings. The molecule has 1 aliphatic heterocycles. The molecule has 0 unspecified atom stereocenters. The van der Waals surface area contributed by atoms with Crippen LogP contribution in [0.2, 0.25) is 0 Å². The summed E-state index contributed by atoms with van der Waals surface area (Å²) in [4.78, 5) is 20.5. The van der Waals surface area contributed by atoms with Crippen LogP contribution in [0.15, 0.2) is 47.4 Å². The van der Waals surface area contributed by atoms with Crippen LogP contribution in [0.5, 0.6) is 11.5 Å². The predicted molar refractivity (Wildman–Crippen MR) is 116 cm³/mol. The maximum atomic E-state index is 12.5. The van der Waals surface area contributed by atoms with Gasteiger partial charge in [-0.15, -0.1) is 0 Å². The van der Waals surface area contributed by atoms with Crippen LogP contribution in [0.3, 0.4) is 0 Å². The Morgan fingerprint density at radius 3 is 2.72 bits per heavy atom. The molecule has 1 aromatic heterocycles. The largest absolute Gasteiger partial charge is 0.486 e. The predicted octanol–water partition coefficient (Wildman–Crippen LogP) is 1.79. The number of nitrogen functional groups attached to an aromatic ring is 1. The molecule has 0 aliphatic carbocycles. The molecule has 0 atom stereocenters. The first-order valence-corrected chi connectivity index (χ1v) is 11.5. The van der Waals surface area contributed by atoms with E-state index in [1.807, 2.05) is 18.2 Å². The van der Waals surface area contributed by atoms with Crippen molar-refractivity contribution in [2.75, 3.05) is 25.5 Å². The maximum absolute atomic E-state index is 12.5. The van der Waals surface area contributed by atoms with Gasteiger partial charge in [0.05, 0.1) is 10.4 Å². The molecule has 0 spiro atoms. The van der Waals surface area contributed by atoms with Crippen molar-refractivity contribution in [3.63, 3.8) is 0 Å². The van der Waals surface area contributed by atoms with Crippen molar-refractivity contribution in [2.45, 2.75) is 24.3 Å². The Morgan fingerprint density at radius 1 is 1.09 bits per heavy atom. The standard InChI is InChI=1S/C21H22N4O6S/c22-21-15-4-1-2-5-16(15)24-19(25-21)13-31-20(26)6-3-9-23-32(27,28)14-7-8-17-18(12-14)30-11-10-29-17/h1-2,4-5,7-8,12,23H,3,6,9-11,13H2,(H2,22,24,25). The number of ether oxygens (including phenoxy) is 3. The number of rotatable bonds is 8. The number of aromatic nitrogens is 2. The lowest BCUT2D eigenvalue weighted by molar-refractivity contribution is -0.145. The molecule has 0 saturated heterocycles. The number of para-hydroxylation sites is 1. The van der Waals surface area contributed by atoms with E-state index in [9.17, 15) is 13.2 Å². The van der Waals surface area contributed by atoms with Crippen LogP contribution in [0.4, 0.5) is 5.82 Å². The summed E-state index contributed by atoms with van der Waals surface area (Å²) >= 11 is 0. The highest BCUT2D eigenvalue weighted by Crippen LogP contribution is 2.32. The quantitative estimate of drug-likeness (QED) is 0.381. The highest BCUT2D eigenvalue weighted by molar-refractivity contribution is 7.89. The second-order valence-corrected chi connectivity index (χ2v) is 8.78. The number of anilines is 1. The summed E-state index contributed by atoms with van der Waals surface area (Å²) in [6, 6.07) is 11.7. The summed E-state index contributed by atoms with van der Waals surface area (Å²) in [6.07, 6.45) is 0.302. The lowest BCUT2D eigenvalue weighted by Gasteiger charge is -2.18. The van der Waals surface area contributed by atoms with Crippen LogP contribution in [0.1, 0.15) is 18.7 Å². The molecule has 2 heterocycles. The van der Waals surface area contributed by atoms with Gasteiger partial charge in [0.2, 0.25) is 10.0 Å². The van der Waals surface area contributed by atoms with Gasteiger partial charge in [0, 0.05) is 24.4 Å². The summed E-state index contributed by atoms with van der Waals surface area (Å²) in [5, 5.41) is 0.730. The lowest BCUT2D eigenvalue weighted by atomic mass is 10.2. The summed E-state index contributed by atoms with van der Waals surface area (Å²) in [5.74, 6) is 1.03. The number of nitrogens with two attached hydrogens (primary N) is 1. The summed E-state index contributed by atoms with van der Waals surface area (Å²) in [7, 11) is -3.74. The van der Waals surface area contributed by atoms with E-state index in [1.165, 1.54) is 12.1 Å². The third-order valence-electron chi connectivity index (χ3n) is 4.71. The van der Waals surface area contributed by atoms with E-state index < -0.39 is 16.0 Å². The Balaban J connectivity index is 1.24. The van der Waals surface area contributed by atoms with E-state index in [-0.39, 0.29) is 30.9 Å². The fraction of sp³-hybridized carbons (Fsp3) is 0.286. The van der Waals surface area contributed by atoms with Gasteiger partial charge in [-0.1, -0.05) is 12.1 Å². The molecule has 0 amide bonds. The van der Waals surface area contributed by atoms with E-state index in [0.29, 0.717) is 41.9 Å². The first-order chi connectivity index (χ1) is 15.4. The van der Waals surface area contributed by atoms with Gasteiger partial charge in [-0.05, 0) is 30.7 Å². The SMILES string of the molecule is Nc1nc(COC(=O)CCCNS(=O)(=O)c2ccc3c(c2)OCCO3)nc2ccccc12. The Morgan fingerprint density at radius 2 is 1.88 bits per heavy atom. The lowest BCUT2D eigenvalue weighted by Crippen LogP contribution is -2.25. The van der Waals surface area contributed by atoms with Crippen molar-refractivity contribution < 1.29 is 27.4 Å². The maximum Gasteiger partial charge on any atom is 0.306 e. The number of benzene rings is 2. The van der Waals surface area contributed by atoms with Crippen molar-refractivity contribution >= 4 is 32.7 Å². The van der Waals surface area contributed by atoms with Crippen molar-refractivity contribution in [1.82, 2.24) is 14.7 Å². The van der Waals surface area contributed by atoms with Crippen LogP contribution in [-0.4, -0.2) is 44.1 Å². The zero-order valence-corrected chi connectivity index (χ0v) is 17.9. The van der Waals surface area contributed by atoms with Crippen molar-refractivity contribution in [3.05, 3.63) is 48.3 Å². The Kier molecular flexibility index (Phi) is 6.37. The highest BCUT2D eigenvalue weighted by Gasteiger charge is 2.19. The second-order valence-electron chi connectivity index (χ2n) is 7.01. The van der Waals surface area contributed by atoms with Crippen LogP contribution < -0.4 is 19.9 Å². The van der Waals surface area contributed by atoms with Crippen LogP contribution in [0.25, 0.3) is 10.9 Å². The summed E-state index contributed by atoms with van der Waals surface area (Å²) in [5.41, 5.74) is 6.58. The molecule has 0 saturated carbocycles. The normalized spacial score (nSPS) is 13.1. The minimum absolute atomic E-state index is 0.0344. The molecule has 0 fully saturated rings. The van der Waals surface area contributed by atoms with Gasteiger partial charge in [0.1, 0.15) is 19.0 Å². The number of sulfonamides is 1. The third kappa shape index (κ3) is 5.06. The molecule has 4 rings (SSSR count). The molecule has 11 heteroatoms. The van der Waals surface area contributed by atoms with E-state index in [2.05, 4.69) is 14.7 Å². The fourth-order valence-corrected chi connectivity index (χ4v) is 4.24. The van der Waals surface area contributed by atoms with E-state index in [1.54, 1.807) is 12.1 Å². The smallest absolute Gasteiger partial charge is 0.306 e. The monoisotopic (exact) mass is 458 g/mol. The van der Waals surface area contributed by atoms with Crippen LogP contribution in [0, 0.1) is 0 Å². The van der Waals surface area contributed by atoms with Crippen LogP contribution >= 0.6 is 0 Å². The molecule has 0 bridgehead atoms. The first kappa shape index (κ1) is 21.8. The average Bonchev–Trinajstić information content (AvgIpc) is 2.80. The average molecular weight is 458 g/mol. The Labute approximate surface area is 184 Å². The Bertz CT molecular complexity index is 1250. The molecular formula is C21H22N4O6S. The Hall–Kier alpha value is -3.44. The topological polar surface area (TPSA) is 143 Å². The van der Waals surface area contributed by atoms with E-state index >= 15 is 0 Å². The van der Waals surface area contributed by atoms with Gasteiger partial charge in [-0.25, -0.2) is 23.1 Å². The van der Waals surface area contributed by atoms with Crippen LogP contribution in [-0.2, 0) is 26.2 Å². The molecule has 3 N–H and O–H groups in total. The molecule has 3 aromatic rings. The second kappa shape index (κ2) is 9.37. The van der Waals surface area contributed by atoms with Gasteiger partial charge < -0.3 is 19.9 Å². The minimum atomic E-state index is -3.74. The molecular weight excluding hydrogens is 436 g/mol. The number of fused-ring (bicyclic) bond motifs is 2. The molecule has 10 nitrogen and oxygen atoms in total. The number of hydrogen-bond acceptors (Lipinski definition) is 9. The number of nitrogens with zero attached hydrogens (tertiary/aromatic N) is 2. The van der Waals surface area contributed by atoms with Gasteiger partial charge in [0.25, 0.3) is 0 Å². The zero-order chi connectivity index (χ0) is 22.6. The third-order valence-corrected chi connectivity index (χ3v) is 6.17. The van der Waals surface area contributed by atoms with Gasteiger partial charge in [0.15, 0.2) is 23.9 Å². The van der Waals surface area contributed by atoms with Crippen molar-refractivity contribution in [3.8, 4) is 11.5 Å². The fourth-order valence-electron chi connectivity index (χ4n) is 3.15. The zero-order valence-electron chi connectivity index (χ0n) is 17.1. The number of hydrogen-bond donors (Lipinski definition) is 2. The van der Waals surface area contributed by atoms with E-state index in [0.717, 1.165) is 5.39 Å². The molecule has 2 aromatic carbocycles. The molecule has 32 heavy (non-hydrogen) atoms. The number of carbonyl (C=O) groups excluding carboxylic acids is 1. The first-order valence-electron chi connectivity index (χ1n) is 9.98. The van der Waals surface area contributed by atoms with E-state index in [4.69, 9.17) is 19.9 Å². The number of carbonyl (C=O) groups is 1. The molecule has 0 radical (unpaired) electrons. The minimum Gasteiger partial charge on any atom is -0.486 e. The van der Waals surface area contributed by atoms with Crippen molar-refractivity contribution in [2.24, 2.45) is 0 Å².